The van der Waals surface area contributed by atoms with Crippen LogP contribution in [0.3, 0.4) is 0 Å². The number of H-pyrrole nitrogens is 1. The van der Waals surface area contributed by atoms with Crippen LogP contribution in [-0.2, 0) is 21.0 Å². The summed E-state index contributed by atoms with van der Waals surface area (Å²) in [6, 6.07) is 3.78. The van der Waals surface area contributed by atoms with Gasteiger partial charge in [-0.05, 0) is 28.3 Å². The molecule has 1 fully saturated rings. The average Bonchev–Trinajstić information content (AvgIpc) is 3.42. The number of nitrogens with two attached hydrogens (primary N) is 2. The molecule has 2 aliphatic heterocycles. The van der Waals surface area contributed by atoms with E-state index in [1.165, 1.54) is 11.8 Å². The number of fused-ring (bicyclic) bond motifs is 1. The van der Waals surface area contributed by atoms with Gasteiger partial charge in [-0.3, -0.25) is 14.5 Å². The maximum Gasteiger partial charge on any atom is 0.352 e. The summed E-state index contributed by atoms with van der Waals surface area (Å²) < 4.78 is 0. The van der Waals surface area contributed by atoms with Crippen molar-refractivity contribution in [2.75, 3.05) is 12.3 Å². The van der Waals surface area contributed by atoms with E-state index in [4.69, 9.17) is 11.5 Å². The highest BCUT2D eigenvalue weighted by Gasteiger charge is 2.55. The average molecular weight is 564 g/mol. The van der Waals surface area contributed by atoms with Crippen molar-refractivity contribution in [2.45, 2.75) is 40.9 Å². The number of tetrazole rings is 1. The molecule has 17 heteroatoms. The molecule has 2 aliphatic rings. The number of β-lactam (4-membered cyclic amide) rings is 1. The van der Waals surface area contributed by atoms with Crippen molar-refractivity contribution in [3.05, 3.63) is 46.7 Å². The lowest BCUT2D eigenvalue weighted by atomic mass is 9.99. The number of primary amides is 1. The Labute approximate surface area is 224 Å². The normalized spacial score (nSPS) is 20.3. The predicted octanol–water partition coefficient (Wildman–Crippen LogP) is -1.35. The third-order valence-corrected chi connectivity index (χ3v) is 8.46. The zero-order valence-electron chi connectivity index (χ0n) is 19.7. The molecular weight excluding hydrogens is 538 g/mol. The van der Waals surface area contributed by atoms with E-state index >= 15 is 0 Å². The lowest BCUT2D eigenvalue weighted by Gasteiger charge is -2.50. The maximum absolute atomic E-state index is 13.1. The molecule has 4 rings (SSSR count). The number of aliphatic hydroxyl groups is 1. The number of rotatable bonds is 11. The van der Waals surface area contributed by atoms with E-state index in [0.29, 0.717) is 16.7 Å². The number of benzene rings is 1. The number of aromatic nitrogens is 4. The quantitative estimate of drug-likeness (QED) is 0.124. The fraction of sp³-hybridized carbons (Fsp3) is 0.381. The SMILES string of the molecule is NC(=O)NCCC(Sc1nn[nH]n1)C1=C(C(=O)O)N2C(=O)C(NC(=O)C(N)c3ccc(CO)cc3)[C@@H]2SC1. The smallest absolute Gasteiger partial charge is 0.352 e. The van der Waals surface area contributed by atoms with Gasteiger partial charge in [-0.25, -0.2) is 9.59 Å². The molecular formula is C21H25N9O6S2. The molecule has 0 saturated carbocycles. The first-order valence-electron chi connectivity index (χ1n) is 11.3. The lowest BCUT2D eigenvalue weighted by Crippen LogP contribution is -2.71. The number of aliphatic carboxylic acids is 1. The van der Waals surface area contributed by atoms with Gasteiger partial charge in [-0.15, -0.1) is 22.0 Å². The summed E-state index contributed by atoms with van der Waals surface area (Å²) in [7, 11) is 0. The number of hydrogen-bond acceptors (Lipinski definition) is 11. The molecule has 0 bridgehead atoms. The number of hydrogen-bond donors (Lipinski definition) is 7. The largest absolute Gasteiger partial charge is 0.477 e. The Kier molecular flexibility index (Phi) is 8.50. The zero-order chi connectivity index (χ0) is 27.4. The molecule has 4 atom stereocenters. The first-order valence-corrected chi connectivity index (χ1v) is 13.2. The zero-order valence-corrected chi connectivity index (χ0v) is 21.4. The molecule has 0 aliphatic carbocycles. The molecule has 9 N–H and O–H groups in total. The van der Waals surface area contributed by atoms with Gasteiger partial charge >= 0.3 is 12.0 Å². The highest BCUT2D eigenvalue weighted by Crippen LogP contribution is 2.44. The number of carbonyl (C=O) groups is 4. The minimum absolute atomic E-state index is 0.148. The molecule has 4 amide bonds. The summed E-state index contributed by atoms with van der Waals surface area (Å²) in [5, 5.41) is 37.1. The Morgan fingerprint density at radius 3 is 2.63 bits per heavy atom. The Balaban J connectivity index is 1.51. The van der Waals surface area contributed by atoms with E-state index in [1.54, 1.807) is 24.3 Å². The second-order valence-corrected chi connectivity index (χ2v) is 10.6. The van der Waals surface area contributed by atoms with Crippen LogP contribution in [0.25, 0.3) is 0 Å². The Morgan fingerprint density at radius 1 is 1.29 bits per heavy atom. The van der Waals surface area contributed by atoms with Gasteiger partial charge in [0.05, 0.1) is 6.61 Å². The van der Waals surface area contributed by atoms with Crippen LogP contribution >= 0.6 is 23.5 Å². The summed E-state index contributed by atoms with van der Waals surface area (Å²) in [4.78, 5) is 50.5. The standard InChI is InChI=1S/C21H25N9O6S2/c22-13(10-3-1-9(7-31)2-4-10)16(32)25-14-17(33)30-15(19(34)35)11(8-37-18(14)30)12(5-6-24-20(23)36)38-21-26-28-29-27-21/h1-4,12-14,18,31H,5-8,22H2,(H,25,32)(H,34,35)(H3,23,24,36)(H,26,27,28,29)/t12?,13?,14?,18-/m0/s1. The maximum atomic E-state index is 13.1. The van der Waals surface area contributed by atoms with E-state index in [1.807, 2.05) is 0 Å². The molecule has 1 saturated heterocycles. The van der Waals surface area contributed by atoms with Crippen molar-refractivity contribution in [1.29, 1.82) is 0 Å². The van der Waals surface area contributed by atoms with Gasteiger partial charge in [0.1, 0.15) is 23.2 Å². The van der Waals surface area contributed by atoms with Gasteiger partial charge in [0.2, 0.25) is 11.1 Å². The molecule has 38 heavy (non-hydrogen) atoms. The number of aromatic amines is 1. The van der Waals surface area contributed by atoms with Crippen LogP contribution in [0, 0.1) is 0 Å². The number of thioether (sulfide) groups is 2. The molecule has 3 unspecified atom stereocenters. The van der Waals surface area contributed by atoms with Crippen LogP contribution in [0.4, 0.5) is 4.79 Å². The van der Waals surface area contributed by atoms with Crippen molar-refractivity contribution in [3.8, 4) is 0 Å². The minimum atomic E-state index is -1.30. The third-order valence-electron chi connectivity index (χ3n) is 5.97. The predicted molar refractivity (Wildman–Crippen MR) is 135 cm³/mol. The number of nitrogens with zero attached hydrogens (tertiary/aromatic N) is 4. The highest BCUT2D eigenvalue weighted by molar-refractivity contribution is 8.01. The van der Waals surface area contributed by atoms with Gasteiger partial charge < -0.3 is 32.3 Å². The molecule has 0 spiro atoms. The second kappa shape index (κ2) is 11.8. The molecule has 3 heterocycles. The summed E-state index contributed by atoms with van der Waals surface area (Å²) in [6.45, 7) is 0.00368. The first kappa shape index (κ1) is 27.4. The Bertz CT molecular complexity index is 1240. The number of carboxylic acids is 1. The van der Waals surface area contributed by atoms with E-state index < -0.39 is 46.5 Å². The summed E-state index contributed by atoms with van der Waals surface area (Å²) in [5.41, 5.74) is 12.6. The van der Waals surface area contributed by atoms with Gasteiger partial charge in [0, 0.05) is 17.5 Å². The van der Waals surface area contributed by atoms with Crippen LogP contribution in [0.15, 0.2) is 40.7 Å². The van der Waals surface area contributed by atoms with Gasteiger partial charge in [0.15, 0.2) is 0 Å². The molecule has 2 aromatic rings. The van der Waals surface area contributed by atoms with E-state index in [9.17, 15) is 29.4 Å². The lowest BCUT2D eigenvalue weighted by molar-refractivity contribution is -0.150. The van der Waals surface area contributed by atoms with Gasteiger partial charge in [-0.1, -0.05) is 36.0 Å². The van der Waals surface area contributed by atoms with Gasteiger partial charge in [0.25, 0.3) is 5.91 Å². The van der Waals surface area contributed by atoms with Crippen molar-refractivity contribution in [2.24, 2.45) is 11.5 Å². The third kappa shape index (κ3) is 5.74. The molecule has 1 aromatic carbocycles. The number of amides is 4. The topological polar surface area (TPSA) is 243 Å². The van der Waals surface area contributed by atoms with Crippen molar-refractivity contribution in [3.63, 3.8) is 0 Å². The number of aliphatic hydroxyl groups excluding tert-OH is 1. The molecule has 1 aromatic heterocycles. The van der Waals surface area contributed by atoms with Crippen LogP contribution in [-0.4, -0.2) is 88.5 Å². The van der Waals surface area contributed by atoms with Gasteiger partial charge in [-0.2, -0.15) is 5.21 Å². The van der Waals surface area contributed by atoms with Crippen LogP contribution in [0.5, 0.6) is 0 Å². The van der Waals surface area contributed by atoms with E-state index in [2.05, 4.69) is 31.3 Å². The van der Waals surface area contributed by atoms with Crippen molar-refractivity contribution in [1.82, 2.24) is 36.2 Å². The molecule has 202 valence electrons. The second-order valence-electron chi connectivity index (χ2n) is 8.33. The number of nitrogens with one attached hydrogen (secondary N) is 3. The number of carboxylic acid groups (broad SMARTS) is 1. The Hall–Kier alpha value is -3.67. The number of urea groups is 1. The number of carbonyl (C=O) groups excluding carboxylic acids is 3. The van der Waals surface area contributed by atoms with Crippen molar-refractivity contribution < 1.29 is 29.4 Å². The van der Waals surface area contributed by atoms with Crippen LogP contribution < -0.4 is 22.1 Å². The monoisotopic (exact) mass is 563 g/mol. The fourth-order valence-electron chi connectivity index (χ4n) is 4.07. The fourth-order valence-corrected chi connectivity index (χ4v) is 6.61. The first-order chi connectivity index (χ1) is 18.2. The van der Waals surface area contributed by atoms with E-state index in [0.717, 1.165) is 16.7 Å². The summed E-state index contributed by atoms with van der Waals surface area (Å²) >= 11 is 2.44. The van der Waals surface area contributed by atoms with Crippen LogP contribution in [0.1, 0.15) is 23.6 Å². The molecule has 15 nitrogen and oxygen atoms in total. The molecule has 0 radical (unpaired) electrons. The Morgan fingerprint density at radius 2 is 2.03 bits per heavy atom. The summed E-state index contributed by atoms with van der Waals surface area (Å²) in [6.07, 6.45) is 0.283. The summed E-state index contributed by atoms with van der Waals surface area (Å²) in [5.74, 6) is -2.23. The highest BCUT2D eigenvalue weighted by atomic mass is 32.2. The van der Waals surface area contributed by atoms with Crippen molar-refractivity contribution >= 4 is 47.3 Å². The van der Waals surface area contributed by atoms with E-state index in [-0.39, 0.29) is 36.2 Å². The minimum Gasteiger partial charge on any atom is -0.477 e. The van der Waals surface area contributed by atoms with Crippen LogP contribution in [0.2, 0.25) is 0 Å².